The standard InChI is InChI=1S/C20H22N2O4S/c1-5-9-26-20(24)17-12(3)22-19(27-6-2)14(11-21)18(17)13-7-8-15(23)16(10-13)25-4/h5,7-8,10,14,18,23H,1,6,9H2,2-4H3/t14?,18-/m1/s1. The van der Waals surface area contributed by atoms with Crippen LogP contribution in [-0.2, 0) is 9.53 Å². The van der Waals surface area contributed by atoms with E-state index >= 15 is 0 Å². The number of carbonyl (C=O) groups excluding carboxylic acids is 1. The van der Waals surface area contributed by atoms with E-state index in [1.807, 2.05) is 6.92 Å². The number of hydrogen-bond acceptors (Lipinski definition) is 7. The van der Waals surface area contributed by atoms with Gasteiger partial charge in [0.1, 0.15) is 12.5 Å². The van der Waals surface area contributed by atoms with Gasteiger partial charge in [-0.15, -0.1) is 11.8 Å². The topological polar surface area (TPSA) is 91.9 Å². The Kier molecular flexibility index (Phi) is 7.08. The van der Waals surface area contributed by atoms with E-state index in [2.05, 4.69) is 17.6 Å². The van der Waals surface area contributed by atoms with Crippen LogP contribution in [0.1, 0.15) is 25.3 Å². The van der Waals surface area contributed by atoms with Crippen LogP contribution in [0.5, 0.6) is 11.5 Å². The molecule has 1 aliphatic rings. The number of hydrogen-bond donors (Lipinski definition) is 1. The Labute approximate surface area is 163 Å². The second-order valence-electron chi connectivity index (χ2n) is 5.79. The first-order valence-corrected chi connectivity index (χ1v) is 9.43. The Morgan fingerprint density at radius 3 is 2.85 bits per heavy atom. The Morgan fingerprint density at radius 2 is 2.26 bits per heavy atom. The lowest BCUT2D eigenvalue weighted by Crippen LogP contribution is -2.29. The van der Waals surface area contributed by atoms with Gasteiger partial charge in [-0.25, -0.2) is 9.79 Å². The maximum Gasteiger partial charge on any atom is 0.336 e. The smallest absolute Gasteiger partial charge is 0.336 e. The number of phenolic OH excluding ortho intramolecular Hbond substituents is 1. The predicted octanol–water partition coefficient (Wildman–Crippen LogP) is 3.79. The number of thioether (sulfide) groups is 1. The Morgan fingerprint density at radius 1 is 1.52 bits per heavy atom. The summed E-state index contributed by atoms with van der Waals surface area (Å²) in [5.41, 5.74) is 1.52. The van der Waals surface area contributed by atoms with E-state index in [9.17, 15) is 15.2 Å². The number of aliphatic imine (C=N–C) groups is 1. The summed E-state index contributed by atoms with van der Waals surface area (Å²) < 4.78 is 10.4. The third-order valence-electron chi connectivity index (χ3n) is 4.12. The number of esters is 1. The van der Waals surface area contributed by atoms with Crippen molar-refractivity contribution in [3.63, 3.8) is 0 Å². The average molecular weight is 386 g/mol. The molecule has 0 spiro atoms. The van der Waals surface area contributed by atoms with E-state index in [0.29, 0.717) is 21.9 Å². The molecule has 1 unspecified atom stereocenters. The monoisotopic (exact) mass is 386 g/mol. The van der Waals surface area contributed by atoms with Gasteiger partial charge in [0.05, 0.1) is 23.8 Å². The summed E-state index contributed by atoms with van der Waals surface area (Å²) in [6, 6.07) is 7.09. The SMILES string of the molecule is C=CCOC(=O)C1=C(C)N=C(SCC)C(C#N)[C@H]1c1ccc(O)c(OC)c1. The van der Waals surface area contributed by atoms with Crippen molar-refractivity contribution in [2.75, 3.05) is 19.5 Å². The van der Waals surface area contributed by atoms with Crippen molar-refractivity contribution in [3.05, 3.63) is 47.7 Å². The van der Waals surface area contributed by atoms with Crippen molar-refractivity contribution in [3.8, 4) is 17.6 Å². The van der Waals surface area contributed by atoms with Crippen molar-refractivity contribution in [2.24, 2.45) is 10.9 Å². The molecular formula is C20H22N2O4S. The number of carbonyl (C=O) groups is 1. The minimum Gasteiger partial charge on any atom is -0.504 e. The second-order valence-corrected chi connectivity index (χ2v) is 7.07. The van der Waals surface area contributed by atoms with Crippen LogP contribution in [0.4, 0.5) is 0 Å². The van der Waals surface area contributed by atoms with Gasteiger partial charge in [0.15, 0.2) is 11.5 Å². The molecule has 2 atom stereocenters. The Hall–Kier alpha value is -2.72. The van der Waals surface area contributed by atoms with Crippen LogP contribution < -0.4 is 4.74 Å². The highest BCUT2D eigenvalue weighted by atomic mass is 32.2. The van der Waals surface area contributed by atoms with Gasteiger partial charge in [-0.05, 0) is 30.4 Å². The molecule has 0 aliphatic carbocycles. The van der Waals surface area contributed by atoms with Crippen LogP contribution in [0, 0.1) is 17.2 Å². The molecule has 27 heavy (non-hydrogen) atoms. The van der Waals surface area contributed by atoms with Gasteiger partial charge in [0.2, 0.25) is 0 Å². The lowest BCUT2D eigenvalue weighted by molar-refractivity contribution is -0.138. The summed E-state index contributed by atoms with van der Waals surface area (Å²) in [4.78, 5) is 17.2. The molecule has 0 saturated heterocycles. The zero-order chi connectivity index (χ0) is 20.0. The first-order chi connectivity index (χ1) is 13.0. The average Bonchev–Trinajstić information content (AvgIpc) is 2.66. The molecule has 0 radical (unpaired) electrons. The van der Waals surface area contributed by atoms with Gasteiger partial charge in [0.25, 0.3) is 0 Å². The third kappa shape index (κ3) is 4.34. The van der Waals surface area contributed by atoms with Gasteiger partial charge in [0, 0.05) is 11.6 Å². The number of nitriles is 1. The van der Waals surface area contributed by atoms with Crippen molar-refractivity contribution in [1.29, 1.82) is 5.26 Å². The summed E-state index contributed by atoms with van der Waals surface area (Å²) in [7, 11) is 1.45. The highest BCUT2D eigenvalue weighted by molar-refractivity contribution is 8.14. The molecule has 1 N–H and O–H groups in total. The van der Waals surface area contributed by atoms with Crippen LogP contribution in [-0.4, -0.2) is 35.6 Å². The molecule has 2 rings (SSSR count). The second kappa shape index (κ2) is 9.28. The molecule has 0 amide bonds. The normalized spacial score (nSPS) is 19.1. The molecule has 1 aromatic carbocycles. The van der Waals surface area contributed by atoms with Crippen LogP contribution >= 0.6 is 11.8 Å². The summed E-state index contributed by atoms with van der Waals surface area (Å²) in [6.45, 7) is 7.34. The maximum atomic E-state index is 12.7. The van der Waals surface area contributed by atoms with E-state index in [1.54, 1.807) is 19.1 Å². The van der Waals surface area contributed by atoms with Crippen LogP contribution in [0.3, 0.4) is 0 Å². The highest BCUT2D eigenvalue weighted by Crippen LogP contribution is 2.43. The van der Waals surface area contributed by atoms with E-state index in [4.69, 9.17) is 9.47 Å². The third-order valence-corrected chi connectivity index (χ3v) is 5.05. The van der Waals surface area contributed by atoms with Crippen LogP contribution in [0.2, 0.25) is 0 Å². The fraction of sp³-hybridized carbons (Fsp3) is 0.350. The fourth-order valence-electron chi connectivity index (χ4n) is 2.96. The largest absolute Gasteiger partial charge is 0.504 e. The molecule has 0 saturated carbocycles. The minimum atomic E-state index is -0.640. The molecule has 0 bridgehead atoms. The number of phenols is 1. The Bertz CT molecular complexity index is 839. The maximum absolute atomic E-state index is 12.7. The summed E-state index contributed by atoms with van der Waals surface area (Å²) in [5.74, 6) is -0.736. The summed E-state index contributed by atoms with van der Waals surface area (Å²) in [6.07, 6.45) is 1.48. The summed E-state index contributed by atoms with van der Waals surface area (Å²) >= 11 is 1.48. The minimum absolute atomic E-state index is 0.0149. The van der Waals surface area contributed by atoms with Crippen molar-refractivity contribution < 1.29 is 19.4 Å². The van der Waals surface area contributed by atoms with E-state index in [-0.39, 0.29) is 18.1 Å². The number of aromatic hydroxyl groups is 1. The molecule has 1 aromatic rings. The number of methoxy groups -OCH3 is 1. The molecule has 0 aromatic heterocycles. The zero-order valence-corrected chi connectivity index (χ0v) is 16.4. The van der Waals surface area contributed by atoms with Crippen molar-refractivity contribution in [1.82, 2.24) is 0 Å². The fourth-order valence-corrected chi connectivity index (χ4v) is 3.83. The molecule has 142 valence electrons. The predicted molar refractivity (Wildman–Crippen MR) is 106 cm³/mol. The number of nitrogens with zero attached hydrogens (tertiary/aromatic N) is 2. The molecule has 0 fully saturated rings. The zero-order valence-electron chi connectivity index (χ0n) is 15.6. The lowest BCUT2D eigenvalue weighted by Gasteiger charge is -2.30. The number of benzene rings is 1. The van der Waals surface area contributed by atoms with Crippen LogP contribution in [0.25, 0.3) is 0 Å². The highest BCUT2D eigenvalue weighted by Gasteiger charge is 2.39. The van der Waals surface area contributed by atoms with E-state index in [0.717, 1.165) is 5.75 Å². The molecular weight excluding hydrogens is 364 g/mol. The van der Waals surface area contributed by atoms with Crippen molar-refractivity contribution in [2.45, 2.75) is 19.8 Å². The quantitative estimate of drug-likeness (QED) is 0.591. The van der Waals surface area contributed by atoms with E-state index < -0.39 is 17.8 Å². The van der Waals surface area contributed by atoms with Gasteiger partial charge in [-0.3, -0.25) is 0 Å². The molecule has 6 nitrogen and oxygen atoms in total. The summed E-state index contributed by atoms with van der Waals surface area (Å²) in [5, 5.41) is 20.4. The van der Waals surface area contributed by atoms with Gasteiger partial charge in [-0.2, -0.15) is 5.26 Å². The molecule has 7 heteroatoms. The number of allylic oxidation sites excluding steroid dienone is 1. The first kappa shape index (κ1) is 20.6. The number of ether oxygens (including phenoxy) is 2. The van der Waals surface area contributed by atoms with Gasteiger partial charge >= 0.3 is 5.97 Å². The van der Waals surface area contributed by atoms with Gasteiger partial charge in [-0.1, -0.05) is 25.6 Å². The molecule has 1 aliphatic heterocycles. The van der Waals surface area contributed by atoms with Crippen LogP contribution in [0.15, 0.2) is 47.1 Å². The molecule has 1 heterocycles. The van der Waals surface area contributed by atoms with Gasteiger partial charge < -0.3 is 14.6 Å². The first-order valence-electron chi connectivity index (χ1n) is 8.45. The van der Waals surface area contributed by atoms with Crippen molar-refractivity contribution >= 4 is 22.8 Å². The number of rotatable bonds is 6. The lowest BCUT2D eigenvalue weighted by atomic mass is 9.79. The Balaban J connectivity index is 2.63. The van der Waals surface area contributed by atoms with E-state index in [1.165, 1.54) is 31.0 Å².